The van der Waals surface area contributed by atoms with Crippen molar-refractivity contribution in [3.05, 3.63) is 24.7 Å². The molecule has 1 heterocycles. The van der Waals surface area contributed by atoms with E-state index < -0.39 is 12.1 Å². The number of amides is 2. The highest BCUT2D eigenvalue weighted by molar-refractivity contribution is 6.01. The van der Waals surface area contributed by atoms with Crippen molar-refractivity contribution in [2.75, 3.05) is 20.8 Å². The maximum absolute atomic E-state index is 14.4. The van der Waals surface area contributed by atoms with Gasteiger partial charge >= 0.3 is 0 Å². The van der Waals surface area contributed by atoms with Gasteiger partial charge in [0.15, 0.2) is 5.78 Å². The van der Waals surface area contributed by atoms with Crippen molar-refractivity contribution in [2.45, 2.75) is 176 Å². The van der Waals surface area contributed by atoms with Gasteiger partial charge in [-0.15, -0.1) is 0 Å². The van der Waals surface area contributed by atoms with Gasteiger partial charge in [0, 0.05) is 38.8 Å². The SMILES string of the molecule is C=C(NC(CC(=O)N1C[C@H]2[C@@H](C1C(=O)NC(CCCCCC)C(=O)C(=C)N)C2(C)C)C1(C)CCCCCC1)NC(C)(C)CC(C)C.CC.COC. The average Bonchev–Trinajstić information content (AvgIpc) is 3.41. The number of carbonyl (C=O) groups is 3. The smallest absolute Gasteiger partial charge is 0.243 e. The number of likely N-dealkylation sites (tertiary alicyclic amines) is 1. The molecule has 5 N–H and O–H groups in total. The highest BCUT2D eigenvalue weighted by Crippen LogP contribution is 2.65. The number of nitrogens with zero attached hydrogens (tertiary/aromatic N) is 1. The van der Waals surface area contributed by atoms with Crippen LogP contribution in [0, 0.1) is 28.6 Å². The first kappa shape index (κ1) is 46.5. The Morgan fingerprint density at radius 2 is 1.53 bits per heavy atom. The average molecular weight is 718 g/mol. The predicted molar refractivity (Wildman–Crippen MR) is 213 cm³/mol. The zero-order chi connectivity index (χ0) is 39.2. The van der Waals surface area contributed by atoms with E-state index in [-0.39, 0.29) is 57.5 Å². The molecule has 3 unspecified atom stereocenters. The summed E-state index contributed by atoms with van der Waals surface area (Å²) in [5.74, 6) is 1.05. The van der Waals surface area contributed by atoms with Crippen LogP contribution in [0.1, 0.15) is 153 Å². The number of fused-ring (bicyclic) bond motifs is 1. The van der Waals surface area contributed by atoms with E-state index in [1.807, 2.05) is 18.7 Å². The Kier molecular flexibility index (Phi) is 19.3. The Bertz CT molecular complexity index is 1120. The number of piperidine rings is 1. The molecule has 3 fully saturated rings. The highest BCUT2D eigenvalue weighted by Gasteiger charge is 2.69. The molecule has 0 radical (unpaired) electrons. The third kappa shape index (κ3) is 13.7. The number of hydrogen-bond donors (Lipinski definition) is 4. The zero-order valence-electron chi connectivity index (χ0n) is 34.9. The minimum atomic E-state index is -0.720. The zero-order valence-corrected chi connectivity index (χ0v) is 34.9. The first-order valence-electron chi connectivity index (χ1n) is 20.1. The Balaban J connectivity index is 0.00000246. The maximum atomic E-state index is 14.4. The lowest BCUT2D eigenvalue weighted by molar-refractivity contribution is -0.142. The number of nitrogens with two attached hydrogens (primary N) is 1. The minimum Gasteiger partial charge on any atom is -0.396 e. The molecule has 0 aromatic rings. The van der Waals surface area contributed by atoms with E-state index in [9.17, 15) is 14.4 Å². The molecular formula is C42H79N5O4. The second-order valence-corrected chi connectivity index (χ2v) is 17.2. The van der Waals surface area contributed by atoms with E-state index in [1.165, 1.54) is 12.8 Å². The topological polar surface area (TPSA) is 126 Å². The van der Waals surface area contributed by atoms with Crippen LogP contribution in [0.3, 0.4) is 0 Å². The van der Waals surface area contributed by atoms with Gasteiger partial charge in [0.1, 0.15) is 6.04 Å². The maximum Gasteiger partial charge on any atom is 0.243 e. The molecule has 0 bridgehead atoms. The van der Waals surface area contributed by atoms with Crippen molar-refractivity contribution < 1.29 is 19.1 Å². The van der Waals surface area contributed by atoms with Crippen LogP contribution in [0.2, 0.25) is 0 Å². The molecule has 9 heteroatoms. The number of methoxy groups -OCH3 is 1. The summed E-state index contributed by atoms with van der Waals surface area (Å²) in [6.07, 6.45) is 12.6. The van der Waals surface area contributed by atoms with Crippen LogP contribution >= 0.6 is 0 Å². The molecule has 51 heavy (non-hydrogen) atoms. The lowest BCUT2D eigenvalue weighted by atomic mass is 9.74. The first-order valence-corrected chi connectivity index (χ1v) is 20.1. The summed E-state index contributed by atoms with van der Waals surface area (Å²) in [6.45, 7) is 30.2. The number of carbonyl (C=O) groups excluding carboxylic acids is 3. The van der Waals surface area contributed by atoms with Crippen LogP contribution in [0.4, 0.5) is 0 Å². The first-order chi connectivity index (χ1) is 23.8. The van der Waals surface area contributed by atoms with Crippen molar-refractivity contribution >= 4 is 17.6 Å². The number of hydrogen-bond acceptors (Lipinski definition) is 7. The van der Waals surface area contributed by atoms with Crippen molar-refractivity contribution in [3.8, 4) is 0 Å². The Morgan fingerprint density at radius 3 is 2.04 bits per heavy atom. The molecule has 3 aliphatic rings. The van der Waals surface area contributed by atoms with Crippen LogP contribution in [0.25, 0.3) is 0 Å². The second-order valence-electron chi connectivity index (χ2n) is 17.2. The van der Waals surface area contributed by atoms with Gasteiger partial charge < -0.3 is 31.3 Å². The number of unbranched alkanes of at least 4 members (excludes halogenated alkanes) is 3. The van der Waals surface area contributed by atoms with Crippen LogP contribution in [0.5, 0.6) is 0 Å². The molecule has 296 valence electrons. The van der Waals surface area contributed by atoms with Gasteiger partial charge in [-0.1, -0.05) is 120 Å². The predicted octanol–water partition coefficient (Wildman–Crippen LogP) is 7.85. The molecule has 1 aliphatic heterocycles. The molecule has 5 atom stereocenters. The molecule has 2 saturated carbocycles. The summed E-state index contributed by atoms with van der Waals surface area (Å²) >= 11 is 0. The molecule has 2 amide bonds. The number of Topliss-reactive ketones (excluding diaryl/α,β-unsaturated/α-hetero) is 1. The van der Waals surface area contributed by atoms with Gasteiger partial charge in [-0.25, -0.2) is 0 Å². The van der Waals surface area contributed by atoms with Gasteiger partial charge in [-0.2, -0.15) is 0 Å². The van der Waals surface area contributed by atoms with Crippen molar-refractivity contribution in [1.29, 1.82) is 0 Å². The van der Waals surface area contributed by atoms with E-state index in [2.05, 4.69) is 89.2 Å². The molecule has 9 nitrogen and oxygen atoms in total. The molecule has 0 aromatic heterocycles. The fraction of sp³-hybridized carbons (Fsp3) is 0.833. The fourth-order valence-electron chi connectivity index (χ4n) is 8.74. The van der Waals surface area contributed by atoms with E-state index in [0.29, 0.717) is 25.3 Å². The number of rotatable bonds is 18. The van der Waals surface area contributed by atoms with Crippen molar-refractivity contribution in [1.82, 2.24) is 20.9 Å². The quantitative estimate of drug-likeness (QED) is 0.0647. The summed E-state index contributed by atoms with van der Waals surface area (Å²) < 4.78 is 4.25. The van der Waals surface area contributed by atoms with E-state index in [0.717, 1.165) is 63.6 Å². The lowest BCUT2D eigenvalue weighted by Gasteiger charge is -2.41. The fourth-order valence-corrected chi connectivity index (χ4v) is 8.74. The van der Waals surface area contributed by atoms with E-state index in [4.69, 9.17) is 5.73 Å². The molecule has 0 aromatic carbocycles. The summed E-state index contributed by atoms with van der Waals surface area (Å²) in [6, 6.07) is -1.43. The second kappa shape index (κ2) is 21.2. The standard InChI is InChI=1S/C38H67N5O3.C2H6O.C2H6/c1-11-12-13-16-19-29(34(45)26(4)39)41-35(46)33-32-28(37(32,8)9)24-43(33)31(44)22-30(38(10)20-17-14-15-18-21-38)40-27(5)42-36(6,7)23-25(2)3;1-3-2;1-2/h25,28-30,32-33,40,42H,4-5,11-24,39H2,1-3,6-10H3,(H,41,46);1-2H3;1-2H3/t28-,29?,30?,32-,33?;;/m0../s1. The van der Waals surface area contributed by atoms with Crippen molar-refractivity contribution in [2.24, 2.45) is 34.3 Å². The highest BCUT2D eigenvalue weighted by atomic mass is 16.4. The van der Waals surface area contributed by atoms with Crippen LogP contribution in [0.15, 0.2) is 24.7 Å². The van der Waals surface area contributed by atoms with Crippen LogP contribution < -0.4 is 21.7 Å². The summed E-state index contributed by atoms with van der Waals surface area (Å²) in [5.41, 5.74) is 5.54. The van der Waals surface area contributed by atoms with Gasteiger partial charge in [0.2, 0.25) is 11.8 Å². The van der Waals surface area contributed by atoms with Gasteiger partial charge in [-0.05, 0) is 68.1 Å². The molecule has 1 saturated heterocycles. The summed E-state index contributed by atoms with van der Waals surface area (Å²) in [4.78, 5) is 43.2. The van der Waals surface area contributed by atoms with Gasteiger partial charge in [0.05, 0.1) is 17.6 Å². The lowest BCUT2D eigenvalue weighted by Crippen LogP contribution is -2.56. The Morgan fingerprint density at radius 1 is 0.961 bits per heavy atom. The molecule has 3 rings (SSSR count). The number of ether oxygens (including phenoxy) is 1. The normalized spacial score (nSPS) is 22.8. The summed E-state index contributed by atoms with van der Waals surface area (Å²) in [7, 11) is 3.25. The molecular weight excluding hydrogens is 638 g/mol. The van der Waals surface area contributed by atoms with Gasteiger partial charge in [-0.3, -0.25) is 14.4 Å². The van der Waals surface area contributed by atoms with Crippen LogP contribution in [-0.2, 0) is 19.1 Å². The van der Waals surface area contributed by atoms with Crippen LogP contribution in [-0.4, -0.2) is 66.9 Å². The molecule has 2 aliphatic carbocycles. The Labute approximate surface area is 313 Å². The monoisotopic (exact) mass is 718 g/mol. The van der Waals surface area contributed by atoms with E-state index >= 15 is 0 Å². The molecule has 0 spiro atoms. The number of ketones is 1. The Hall–Kier alpha value is -2.55. The minimum absolute atomic E-state index is 0.00517. The van der Waals surface area contributed by atoms with Crippen molar-refractivity contribution in [3.63, 3.8) is 0 Å². The third-order valence-corrected chi connectivity index (χ3v) is 11.3. The third-order valence-electron chi connectivity index (χ3n) is 11.3. The summed E-state index contributed by atoms with van der Waals surface area (Å²) in [5, 5.41) is 10.3. The van der Waals surface area contributed by atoms with Gasteiger partial charge in [0.25, 0.3) is 0 Å². The largest absolute Gasteiger partial charge is 0.396 e. The number of nitrogens with one attached hydrogen (secondary N) is 3. The van der Waals surface area contributed by atoms with E-state index in [1.54, 1.807) is 14.2 Å².